The molecule has 6 heteroatoms. The van der Waals surface area contributed by atoms with Crippen LogP contribution in [0.25, 0.3) is 0 Å². The van der Waals surface area contributed by atoms with Crippen molar-refractivity contribution < 1.29 is 14.3 Å². The Morgan fingerprint density at radius 3 is 2.43 bits per heavy atom. The number of hydrogen-bond acceptors (Lipinski definition) is 4. The highest BCUT2D eigenvalue weighted by Gasteiger charge is 2.48. The van der Waals surface area contributed by atoms with Gasteiger partial charge in [0, 0.05) is 39.0 Å². The van der Waals surface area contributed by atoms with E-state index in [1.165, 1.54) is 0 Å². The zero-order valence-corrected chi connectivity index (χ0v) is 17.6. The first-order chi connectivity index (χ1) is 14.5. The highest BCUT2D eigenvalue weighted by atomic mass is 16.5. The third-order valence-corrected chi connectivity index (χ3v) is 6.30. The molecule has 2 fully saturated rings. The molecule has 2 aromatic rings. The first kappa shape index (κ1) is 20.4. The Balaban J connectivity index is 1.39. The van der Waals surface area contributed by atoms with Gasteiger partial charge in [-0.05, 0) is 29.2 Å². The summed E-state index contributed by atoms with van der Waals surface area (Å²) in [7, 11) is 1.65. The lowest BCUT2D eigenvalue weighted by Gasteiger charge is -2.29. The number of rotatable bonds is 6. The lowest BCUT2D eigenvalue weighted by molar-refractivity contribution is -0.130. The van der Waals surface area contributed by atoms with Crippen LogP contribution in [0.3, 0.4) is 0 Å². The van der Waals surface area contributed by atoms with Gasteiger partial charge in [0.15, 0.2) is 0 Å². The average molecular weight is 408 g/mol. The van der Waals surface area contributed by atoms with E-state index in [0.29, 0.717) is 24.9 Å². The normalized spacial score (nSPS) is 23.3. The van der Waals surface area contributed by atoms with Gasteiger partial charge in [-0.25, -0.2) is 0 Å². The van der Waals surface area contributed by atoms with Crippen molar-refractivity contribution in [3.8, 4) is 5.75 Å². The number of carbonyl (C=O) groups excluding carboxylic acids is 2. The quantitative estimate of drug-likeness (QED) is 0.799. The number of benzene rings is 2. The smallest absolute Gasteiger partial charge is 0.234 e. The van der Waals surface area contributed by atoms with Crippen molar-refractivity contribution >= 4 is 11.8 Å². The number of methoxy groups -OCH3 is 1. The van der Waals surface area contributed by atoms with Gasteiger partial charge >= 0.3 is 0 Å². The van der Waals surface area contributed by atoms with Gasteiger partial charge in [0.1, 0.15) is 5.75 Å². The van der Waals surface area contributed by atoms with Gasteiger partial charge in [0.05, 0.1) is 19.7 Å². The second kappa shape index (κ2) is 8.88. The number of fused-ring (bicyclic) bond motifs is 1. The van der Waals surface area contributed by atoms with Crippen LogP contribution in [-0.4, -0.2) is 54.9 Å². The molecule has 158 valence electrons. The van der Waals surface area contributed by atoms with Crippen LogP contribution >= 0.6 is 0 Å². The molecule has 4 rings (SSSR count). The number of nitrogens with zero attached hydrogens (tertiary/aromatic N) is 2. The molecule has 2 aliphatic heterocycles. The molecule has 0 aromatic heterocycles. The van der Waals surface area contributed by atoms with E-state index < -0.39 is 0 Å². The van der Waals surface area contributed by atoms with E-state index in [-0.39, 0.29) is 17.9 Å². The lowest BCUT2D eigenvalue weighted by Crippen LogP contribution is -2.39. The molecule has 6 nitrogen and oxygen atoms in total. The largest absolute Gasteiger partial charge is 0.497 e. The average Bonchev–Trinajstić information content (AvgIpc) is 3.30. The van der Waals surface area contributed by atoms with Crippen LogP contribution < -0.4 is 10.1 Å². The number of hydrogen-bond donors (Lipinski definition) is 1. The molecule has 2 aromatic carbocycles. The summed E-state index contributed by atoms with van der Waals surface area (Å²) < 4.78 is 5.28. The maximum absolute atomic E-state index is 12.5. The topological polar surface area (TPSA) is 61.9 Å². The highest BCUT2D eigenvalue weighted by molar-refractivity contribution is 5.78. The molecule has 2 heterocycles. The number of carbonyl (C=O) groups is 2. The first-order valence-electron chi connectivity index (χ1n) is 10.5. The number of likely N-dealkylation sites (tertiary alicyclic amines) is 2. The summed E-state index contributed by atoms with van der Waals surface area (Å²) in [6, 6.07) is 18.0. The summed E-state index contributed by atoms with van der Waals surface area (Å²) in [6.07, 6.45) is 0. The fraction of sp³-hybridized carbons (Fsp3) is 0.417. The molecule has 0 spiro atoms. The minimum Gasteiger partial charge on any atom is -0.497 e. The Hall–Kier alpha value is -2.86. The molecule has 2 saturated heterocycles. The van der Waals surface area contributed by atoms with Gasteiger partial charge in [-0.1, -0.05) is 42.5 Å². The number of amides is 2. The molecule has 0 radical (unpaired) electrons. The molecular formula is C24H29N3O3. The monoisotopic (exact) mass is 407 g/mol. The summed E-state index contributed by atoms with van der Waals surface area (Å²) in [5, 5.41) is 3.02. The molecule has 1 N–H and O–H groups in total. The molecule has 2 amide bonds. The SMILES string of the molecule is COc1ccc([C@H]2[C@@H]3CN(CC(=O)NCc4ccccc4)C[C@@H]3CN2C(C)=O)cc1. The fourth-order valence-corrected chi connectivity index (χ4v) is 4.87. The predicted molar refractivity (Wildman–Crippen MR) is 115 cm³/mol. The third kappa shape index (κ3) is 4.33. The van der Waals surface area contributed by atoms with Gasteiger partial charge < -0.3 is 15.0 Å². The fourth-order valence-electron chi connectivity index (χ4n) is 4.87. The Morgan fingerprint density at radius 1 is 1.03 bits per heavy atom. The van der Waals surface area contributed by atoms with Crippen LogP contribution in [0.4, 0.5) is 0 Å². The Labute approximate surface area is 177 Å². The van der Waals surface area contributed by atoms with Crippen LogP contribution in [0, 0.1) is 11.8 Å². The van der Waals surface area contributed by atoms with Crippen molar-refractivity contribution in [1.29, 1.82) is 0 Å². The molecule has 0 bridgehead atoms. The van der Waals surface area contributed by atoms with Crippen molar-refractivity contribution in [2.45, 2.75) is 19.5 Å². The van der Waals surface area contributed by atoms with Gasteiger partial charge in [-0.2, -0.15) is 0 Å². The summed E-state index contributed by atoms with van der Waals surface area (Å²) >= 11 is 0. The summed E-state index contributed by atoms with van der Waals surface area (Å²) in [5.74, 6) is 1.69. The van der Waals surface area contributed by atoms with E-state index in [1.807, 2.05) is 47.4 Å². The Morgan fingerprint density at radius 2 is 1.77 bits per heavy atom. The van der Waals surface area contributed by atoms with Crippen molar-refractivity contribution in [3.05, 3.63) is 65.7 Å². The van der Waals surface area contributed by atoms with E-state index in [0.717, 1.165) is 36.5 Å². The van der Waals surface area contributed by atoms with Crippen LogP contribution in [0.2, 0.25) is 0 Å². The maximum atomic E-state index is 12.5. The summed E-state index contributed by atoms with van der Waals surface area (Å²) in [5.41, 5.74) is 2.23. The minimum atomic E-state index is 0.0447. The summed E-state index contributed by atoms with van der Waals surface area (Å²) in [4.78, 5) is 29.0. The van der Waals surface area contributed by atoms with Crippen molar-refractivity contribution in [3.63, 3.8) is 0 Å². The van der Waals surface area contributed by atoms with Crippen molar-refractivity contribution in [1.82, 2.24) is 15.1 Å². The standard InChI is InChI=1S/C24H29N3O3/c1-17(28)27-14-20-13-26(16-23(29)25-12-18-6-4-3-5-7-18)15-22(20)24(27)19-8-10-21(30-2)11-9-19/h3-11,20,22,24H,12-16H2,1-2H3,(H,25,29)/t20-,22-,24+/m1/s1. The van der Waals surface area contributed by atoms with Gasteiger partial charge in [-0.3, -0.25) is 14.5 Å². The first-order valence-corrected chi connectivity index (χ1v) is 10.5. The predicted octanol–water partition coefficient (Wildman–Crippen LogP) is 2.46. The zero-order chi connectivity index (χ0) is 21.1. The third-order valence-electron chi connectivity index (χ3n) is 6.30. The lowest BCUT2D eigenvalue weighted by atomic mass is 9.89. The summed E-state index contributed by atoms with van der Waals surface area (Å²) in [6.45, 7) is 5.01. The van der Waals surface area contributed by atoms with Crippen molar-refractivity contribution in [2.24, 2.45) is 11.8 Å². The maximum Gasteiger partial charge on any atom is 0.234 e. The highest BCUT2D eigenvalue weighted by Crippen LogP contribution is 2.45. The minimum absolute atomic E-state index is 0.0447. The molecule has 0 unspecified atom stereocenters. The van der Waals surface area contributed by atoms with Crippen LogP contribution in [0.1, 0.15) is 24.1 Å². The molecule has 0 aliphatic carbocycles. The van der Waals surface area contributed by atoms with Crippen LogP contribution in [0.15, 0.2) is 54.6 Å². The van der Waals surface area contributed by atoms with Crippen LogP contribution in [0.5, 0.6) is 5.75 Å². The number of ether oxygens (including phenoxy) is 1. The van der Waals surface area contributed by atoms with Gasteiger partial charge in [0.25, 0.3) is 0 Å². The molecule has 3 atom stereocenters. The number of nitrogens with one attached hydrogen (secondary N) is 1. The zero-order valence-electron chi connectivity index (χ0n) is 17.6. The van der Waals surface area contributed by atoms with E-state index in [1.54, 1.807) is 14.0 Å². The van der Waals surface area contributed by atoms with E-state index >= 15 is 0 Å². The second-order valence-electron chi connectivity index (χ2n) is 8.27. The van der Waals surface area contributed by atoms with Crippen molar-refractivity contribution in [2.75, 3.05) is 33.3 Å². The van der Waals surface area contributed by atoms with Gasteiger partial charge in [-0.15, -0.1) is 0 Å². The van der Waals surface area contributed by atoms with Crippen LogP contribution in [-0.2, 0) is 16.1 Å². The second-order valence-corrected chi connectivity index (χ2v) is 8.27. The van der Waals surface area contributed by atoms with E-state index in [4.69, 9.17) is 4.74 Å². The Kier molecular flexibility index (Phi) is 6.04. The molecule has 2 aliphatic rings. The van der Waals surface area contributed by atoms with Gasteiger partial charge in [0.2, 0.25) is 11.8 Å². The van der Waals surface area contributed by atoms with E-state index in [2.05, 4.69) is 22.3 Å². The molecule has 0 saturated carbocycles. The molecular weight excluding hydrogens is 378 g/mol. The molecule has 30 heavy (non-hydrogen) atoms. The Bertz CT molecular complexity index is 884. The van der Waals surface area contributed by atoms with E-state index in [9.17, 15) is 9.59 Å².